The first-order valence-electron chi connectivity index (χ1n) is 7.75. The first-order valence-corrected chi connectivity index (χ1v) is 7.75. The molecule has 4 heteroatoms. The van der Waals surface area contributed by atoms with Crippen molar-refractivity contribution in [1.29, 1.82) is 0 Å². The predicted octanol–water partition coefficient (Wildman–Crippen LogP) is 2.26. The maximum Gasteiger partial charge on any atom is 0.248 e. The number of hydrogen-bond acceptors (Lipinski definition) is 2. The van der Waals surface area contributed by atoms with Crippen molar-refractivity contribution in [3.63, 3.8) is 0 Å². The zero-order valence-corrected chi connectivity index (χ0v) is 12.6. The maximum absolute atomic E-state index is 12.7. The van der Waals surface area contributed by atoms with E-state index in [1.807, 2.05) is 35.2 Å². The first kappa shape index (κ1) is 14.1. The minimum atomic E-state index is -0.481. The summed E-state index contributed by atoms with van der Waals surface area (Å²) >= 11 is 0. The van der Waals surface area contributed by atoms with E-state index in [1.54, 1.807) is 6.92 Å². The summed E-state index contributed by atoms with van der Waals surface area (Å²) < 4.78 is 0. The topological polar surface area (TPSA) is 49.4 Å². The van der Waals surface area contributed by atoms with Crippen LogP contribution in [0.1, 0.15) is 44.7 Å². The molecule has 1 saturated carbocycles. The van der Waals surface area contributed by atoms with Crippen molar-refractivity contribution < 1.29 is 9.59 Å². The van der Waals surface area contributed by atoms with Crippen LogP contribution in [0.4, 0.5) is 0 Å². The molecule has 112 valence electrons. The summed E-state index contributed by atoms with van der Waals surface area (Å²) in [7, 11) is 0. The van der Waals surface area contributed by atoms with Crippen LogP contribution in [0.15, 0.2) is 30.3 Å². The van der Waals surface area contributed by atoms with Gasteiger partial charge in [-0.05, 0) is 37.7 Å². The molecule has 1 aromatic carbocycles. The van der Waals surface area contributed by atoms with E-state index in [2.05, 4.69) is 12.2 Å². The Morgan fingerprint density at radius 2 is 1.81 bits per heavy atom. The lowest BCUT2D eigenvalue weighted by Gasteiger charge is -2.41. The highest BCUT2D eigenvalue weighted by Crippen LogP contribution is 2.36. The maximum atomic E-state index is 12.7. The van der Waals surface area contributed by atoms with Gasteiger partial charge in [-0.1, -0.05) is 37.3 Å². The molecule has 0 aromatic heterocycles. The molecule has 2 aliphatic rings. The number of carbonyl (C=O) groups is 2. The third-order valence-electron chi connectivity index (χ3n) is 4.69. The number of rotatable bonds is 2. The fourth-order valence-electron chi connectivity index (χ4n) is 3.60. The van der Waals surface area contributed by atoms with Crippen molar-refractivity contribution in [2.45, 2.75) is 51.2 Å². The summed E-state index contributed by atoms with van der Waals surface area (Å²) in [5.74, 6) is 0.606. The fraction of sp³-hybridized carbons (Fsp3) is 0.529. The summed E-state index contributed by atoms with van der Waals surface area (Å²) in [6.45, 7) is 3.99. The lowest BCUT2D eigenvalue weighted by molar-refractivity contribution is -0.152. The van der Waals surface area contributed by atoms with Gasteiger partial charge in [-0.25, -0.2) is 0 Å². The van der Waals surface area contributed by atoms with Crippen LogP contribution in [0.5, 0.6) is 0 Å². The number of piperazine rings is 1. The van der Waals surface area contributed by atoms with Crippen molar-refractivity contribution in [3.05, 3.63) is 35.9 Å². The van der Waals surface area contributed by atoms with Gasteiger partial charge in [-0.3, -0.25) is 9.59 Å². The van der Waals surface area contributed by atoms with Gasteiger partial charge < -0.3 is 10.2 Å². The van der Waals surface area contributed by atoms with Crippen LogP contribution in [0.25, 0.3) is 0 Å². The zero-order chi connectivity index (χ0) is 15.0. The Kier molecular flexibility index (Phi) is 3.70. The highest BCUT2D eigenvalue weighted by Gasteiger charge is 2.44. The first-order chi connectivity index (χ1) is 10.1. The lowest BCUT2D eigenvalue weighted by atomic mass is 9.97. The van der Waals surface area contributed by atoms with E-state index >= 15 is 0 Å². The van der Waals surface area contributed by atoms with Gasteiger partial charge in [0.25, 0.3) is 0 Å². The van der Waals surface area contributed by atoms with E-state index < -0.39 is 12.1 Å². The number of amides is 2. The van der Waals surface area contributed by atoms with Crippen LogP contribution in [0, 0.1) is 5.92 Å². The molecule has 1 aliphatic carbocycles. The van der Waals surface area contributed by atoms with Gasteiger partial charge >= 0.3 is 0 Å². The number of nitrogens with zero attached hydrogens (tertiary/aromatic N) is 1. The second-order valence-electron chi connectivity index (χ2n) is 6.36. The van der Waals surface area contributed by atoms with Crippen molar-refractivity contribution in [2.75, 3.05) is 0 Å². The molecule has 2 fully saturated rings. The summed E-state index contributed by atoms with van der Waals surface area (Å²) in [6, 6.07) is 8.90. The van der Waals surface area contributed by atoms with E-state index in [4.69, 9.17) is 0 Å². The van der Waals surface area contributed by atoms with Gasteiger partial charge in [-0.15, -0.1) is 0 Å². The largest absolute Gasteiger partial charge is 0.342 e. The number of carbonyl (C=O) groups excluding carboxylic acids is 2. The fourth-order valence-corrected chi connectivity index (χ4v) is 3.60. The third-order valence-corrected chi connectivity index (χ3v) is 4.69. The van der Waals surface area contributed by atoms with Gasteiger partial charge in [0.1, 0.15) is 12.1 Å². The molecule has 1 saturated heterocycles. The van der Waals surface area contributed by atoms with E-state index in [9.17, 15) is 9.59 Å². The quantitative estimate of drug-likeness (QED) is 0.906. The molecule has 0 bridgehead atoms. The van der Waals surface area contributed by atoms with Gasteiger partial charge in [0.15, 0.2) is 0 Å². The summed E-state index contributed by atoms with van der Waals surface area (Å²) in [5.41, 5.74) is 0.898. The van der Waals surface area contributed by atoms with Crippen LogP contribution >= 0.6 is 0 Å². The van der Waals surface area contributed by atoms with Crippen molar-refractivity contribution in [3.8, 4) is 0 Å². The highest BCUT2D eigenvalue weighted by atomic mass is 16.2. The highest BCUT2D eigenvalue weighted by molar-refractivity contribution is 5.97. The molecule has 3 rings (SSSR count). The van der Waals surface area contributed by atoms with E-state index in [0.717, 1.165) is 24.8 Å². The normalized spacial score (nSPS) is 33.1. The number of nitrogens with one attached hydrogen (secondary N) is 1. The second-order valence-corrected chi connectivity index (χ2v) is 6.36. The van der Waals surface area contributed by atoms with Crippen molar-refractivity contribution in [2.24, 2.45) is 5.92 Å². The molecule has 0 spiro atoms. The monoisotopic (exact) mass is 286 g/mol. The van der Waals surface area contributed by atoms with Crippen molar-refractivity contribution in [1.82, 2.24) is 10.2 Å². The van der Waals surface area contributed by atoms with Crippen LogP contribution < -0.4 is 5.32 Å². The Balaban J connectivity index is 1.97. The average Bonchev–Trinajstić information content (AvgIpc) is 2.89. The summed E-state index contributed by atoms with van der Waals surface area (Å²) in [6.07, 6.45) is 3.12. The standard InChI is InChI=1S/C17H22N2O2/c1-11-8-9-14(10-11)19-15(13-6-4-3-5-7-13)16(20)18-12(2)17(19)21/h3-7,11-12,14-15H,8-10H2,1-2H3,(H,18,20). The molecule has 1 N–H and O–H groups in total. The predicted molar refractivity (Wildman–Crippen MR) is 80.4 cm³/mol. The number of hydrogen-bond donors (Lipinski definition) is 1. The van der Waals surface area contributed by atoms with Gasteiger partial charge in [-0.2, -0.15) is 0 Å². The smallest absolute Gasteiger partial charge is 0.248 e. The minimum absolute atomic E-state index is 0.0440. The van der Waals surface area contributed by atoms with E-state index in [1.165, 1.54) is 0 Å². The summed E-state index contributed by atoms with van der Waals surface area (Å²) in [5, 5.41) is 2.81. The van der Waals surface area contributed by atoms with Gasteiger partial charge in [0.2, 0.25) is 11.8 Å². The lowest BCUT2D eigenvalue weighted by Crippen LogP contribution is -2.60. The van der Waals surface area contributed by atoms with Gasteiger partial charge in [0, 0.05) is 6.04 Å². The molecule has 1 heterocycles. The molecule has 0 radical (unpaired) electrons. The van der Waals surface area contributed by atoms with Crippen LogP contribution in [0.3, 0.4) is 0 Å². The molecule has 4 unspecified atom stereocenters. The van der Waals surface area contributed by atoms with Crippen LogP contribution in [-0.2, 0) is 9.59 Å². The Morgan fingerprint density at radius 1 is 1.10 bits per heavy atom. The molecule has 1 aliphatic heterocycles. The SMILES string of the molecule is CC1CCC(N2C(=O)C(C)NC(=O)C2c2ccccc2)C1. The second kappa shape index (κ2) is 5.51. The Labute approximate surface area is 125 Å². The molecule has 2 amide bonds. The van der Waals surface area contributed by atoms with Crippen LogP contribution in [-0.4, -0.2) is 28.8 Å². The molecular formula is C17H22N2O2. The average molecular weight is 286 g/mol. The molecular weight excluding hydrogens is 264 g/mol. The minimum Gasteiger partial charge on any atom is -0.342 e. The Morgan fingerprint density at radius 3 is 2.43 bits per heavy atom. The van der Waals surface area contributed by atoms with E-state index in [-0.39, 0.29) is 17.9 Å². The van der Waals surface area contributed by atoms with E-state index in [0.29, 0.717) is 5.92 Å². The molecule has 4 atom stereocenters. The molecule has 1 aromatic rings. The van der Waals surface area contributed by atoms with Crippen molar-refractivity contribution >= 4 is 11.8 Å². The van der Waals surface area contributed by atoms with Gasteiger partial charge in [0.05, 0.1) is 0 Å². The molecule has 21 heavy (non-hydrogen) atoms. The molecule has 4 nitrogen and oxygen atoms in total. The Hall–Kier alpha value is -1.84. The Bertz CT molecular complexity index is 543. The summed E-state index contributed by atoms with van der Waals surface area (Å²) in [4.78, 5) is 27.0. The number of benzene rings is 1. The van der Waals surface area contributed by atoms with Crippen LogP contribution in [0.2, 0.25) is 0 Å². The zero-order valence-electron chi connectivity index (χ0n) is 12.6. The third kappa shape index (κ3) is 2.55.